The lowest BCUT2D eigenvalue weighted by Gasteiger charge is -2.13. The predicted molar refractivity (Wildman–Crippen MR) is 385 cm³/mol. The van der Waals surface area contributed by atoms with Gasteiger partial charge in [-0.15, -0.1) is 0 Å². The van der Waals surface area contributed by atoms with Crippen LogP contribution in [0.3, 0.4) is 0 Å². The molecule has 18 aromatic rings. The minimum absolute atomic E-state index is 0.0240. The van der Waals surface area contributed by atoms with E-state index in [-0.39, 0.29) is 6.10 Å². The van der Waals surface area contributed by atoms with E-state index in [2.05, 4.69) is 170 Å². The second-order valence-corrected chi connectivity index (χ2v) is 24.7. The van der Waals surface area contributed by atoms with Crippen molar-refractivity contribution < 1.29 is 18.0 Å². The summed E-state index contributed by atoms with van der Waals surface area (Å²) in [6, 6.07) is 92.0. The van der Waals surface area contributed by atoms with Crippen LogP contribution in [-0.4, -0.2) is 36.0 Å². The summed E-state index contributed by atoms with van der Waals surface area (Å²) in [4.78, 5) is 31.2. The SMILES string of the molecule is C1=CCC2Oc3ccc4c(-c5ccc6oc7c(-c8ccc(-c9nc(-c%10ccccc%10)nc(-c%10ccc%11oc%12cc(-c%13ccc%14ccc%15oc%16ccccc%16c%15c%14c%13)ccc%12c%11c%10)n9)cc8)ccc(-c8nc(-c9ccccc9)nc(-c9ccccc9)n8)c7c6c5)cccc4c3C2=C1. The van der Waals surface area contributed by atoms with Crippen molar-refractivity contribution in [2.24, 2.45) is 0 Å². The molecule has 20 rings (SSSR count). The number of furan rings is 3. The van der Waals surface area contributed by atoms with Gasteiger partial charge in [-0.05, 0) is 128 Å². The third-order valence-electron chi connectivity index (χ3n) is 19.1. The molecule has 1 aliphatic heterocycles. The van der Waals surface area contributed by atoms with E-state index in [0.717, 1.165) is 161 Å². The van der Waals surface area contributed by atoms with Crippen LogP contribution < -0.4 is 4.74 Å². The number of para-hydroxylation sites is 1. The average Bonchev–Trinajstić information content (AvgIpc) is 1.58. The lowest BCUT2D eigenvalue weighted by Crippen LogP contribution is -2.12. The number of hydrogen-bond donors (Lipinski definition) is 0. The zero-order valence-electron chi connectivity index (χ0n) is 51.2. The summed E-state index contributed by atoms with van der Waals surface area (Å²) in [5.74, 6) is 4.25. The van der Waals surface area contributed by atoms with Gasteiger partial charge in [0.15, 0.2) is 34.9 Å². The minimum Gasteiger partial charge on any atom is -0.485 e. The standard InChI is InChI=1S/C86H50N6O4/c1-4-15-51(16-5-1)81-87-84(90-85(89-81)58-36-42-72-68(47-58)62-37-33-56(48-76(62)95-72)55-32-29-50-34-43-74-78(67(50)45-55)65-22-11-13-26-71(65)93-74)54-30-27-49(28-31-54)60-38-39-66(86-91-82(52-17-6-2-7-18-52)88-83(92-86)53-19-8-3-9-20-53)79-69-46-57(35-41-73(69)96-80(60)79)59-23-14-24-63-61(59)40-44-75-77(63)64-21-10-12-25-70(64)94-75/h1-24,26-48,70H,25H2. The highest BCUT2D eigenvalue weighted by Crippen LogP contribution is 2.49. The Hall–Kier alpha value is -12.9. The molecule has 5 aromatic heterocycles. The number of allylic oxidation sites excluding steroid dienone is 2. The van der Waals surface area contributed by atoms with E-state index >= 15 is 0 Å². The fourth-order valence-electron chi connectivity index (χ4n) is 14.5. The van der Waals surface area contributed by atoms with Crippen LogP contribution in [-0.2, 0) is 0 Å². The number of aromatic nitrogens is 6. The maximum atomic E-state index is 7.14. The highest BCUT2D eigenvalue weighted by molar-refractivity contribution is 6.20. The van der Waals surface area contributed by atoms with E-state index in [9.17, 15) is 0 Å². The Morgan fingerprint density at radius 2 is 0.823 bits per heavy atom. The second kappa shape index (κ2) is 21.3. The molecule has 1 atom stereocenters. The van der Waals surface area contributed by atoms with Crippen LogP contribution >= 0.6 is 0 Å². The van der Waals surface area contributed by atoms with Crippen molar-refractivity contribution in [3.63, 3.8) is 0 Å². The summed E-state index contributed by atoms with van der Waals surface area (Å²) < 4.78 is 26.5. The molecule has 10 nitrogen and oxygen atoms in total. The Morgan fingerprint density at radius 1 is 0.292 bits per heavy atom. The van der Waals surface area contributed by atoms with Crippen molar-refractivity contribution >= 4 is 92.9 Å². The summed E-state index contributed by atoms with van der Waals surface area (Å²) in [6.07, 6.45) is 7.40. The number of fused-ring (bicyclic) bond motifs is 16. The molecular weight excluding hydrogens is 1180 g/mol. The van der Waals surface area contributed by atoms with Gasteiger partial charge in [0.2, 0.25) is 0 Å². The molecule has 13 aromatic carbocycles. The maximum absolute atomic E-state index is 7.14. The molecule has 0 fully saturated rings. The lowest BCUT2D eigenvalue weighted by molar-refractivity contribution is 0.279. The van der Waals surface area contributed by atoms with Crippen LogP contribution in [0.4, 0.5) is 0 Å². The fourth-order valence-corrected chi connectivity index (χ4v) is 14.5. The lowest BCUT2D eigenvalue weighted by atomic mass is 9.89. The molecule has 0 radical (unpaired) electrons. The zero-order valence-corrected chi connectivity index (χ0v) is 51.2. The topological polar surface area (TPSA) is 126 Å². The van der Waals surface area contributed by atoms with E-state index < -0.39 is 0 Å². The van der Waals surface area contributed by atoms with Gasteiger partial charge >= 0.3 is 0 Å². The summed E-state index contributed by atoms with van der Waals surface area (Å²) in [5.41, 5.74) is 18.5. The number of hydrogen-bond acceptors (Lipinski definition) is 10. The van der Waals surface area contributed by atoms with Gasteiger partial charge in [0.05, 0.1) is 0 Å². The quantitative estimate of drug-likeness (QED) is 0.138. The van der Waals surface area contributed by atoms with E-state index in [0.29, 0.717) is 40.5 Å². The first-order valence-corrected chi connectivity index (χ1v) is 32.2. The van der Waals surface area contributed by atoms with Crippen molar-refractivity contribution in [2.45, 2.75) is 12.5 Å². The Morgan fingerprint density at radius 3 is 1.57 bits per heavy atom. The van der Waals surface area contributed by atoms with Gasteiger partial charge in [0.1, 0.15) is 45.4 Å². The van der Waals surface area contributed by atoms with E-state index in [4.69, 9.17) is 47.9 Å². The van der Waals surface area contributed by atoms with Crippen LogP contribution in [0.1, 0.15) is 12.0 Å². The fraction of sp³-hybridized carbons (Fsp3) is 0.0233. The molecular formula is C86H50N6O4. The summed E-state index contributed by atoms with van der Waals surface area (Å²) >= 11 is 0. The second-order valence-electron chi connectivity index (χ2n) is 24.7. The van der Waals surface area contributed by atoms with Crippen molar-refractivity contribution in [2.75, 3.05) is 0 Å². The van der Waals surface area contributed by atoms with Crippen molar-refractivity contribution in [3.05, 3.63) is 291 Å². The average molecular weight is 1230 g/mol. The smallest absolute Gasteiger partial charge is 0.164 e. The van der Waals surface area contributed by atoms with Gasteiger partial charge in [-0.1, -0.05) is 206 Å². The van der Waals surface area contributed by atoms with Crippen LogP contribution in [0, 0.1) is 0 Å². The minimum atomic E-state index is 0.0240. The Bertz CT molecular complexity index is 6270. The molecule has 1 unspecified atom stereocenters. The summed E-state index contributed by atoms with van der Waals surface area (Å²) in [5, 5.41) is 10.6. The highest BCUT2D eigenvalue weighted by Gasteiger charge is 2.31. The molecule has 0 saturated heterocycles. The van der Waals surface area contributed by atoms with E-state index in [1.54, 1.807) is 0 Å². The molecule has 448 valence electrons. The number of nitrogens with zero attached hydrogens (tertiary/aromatic N) is 6. The van der Waals surface area contributed by atoms with E-state index in [1.807, 2.05) is 115 Å². The number of benzene rings is 13. The summed E-state index contributed by atoms with van der Waals surface area (Å²) in [6.45, 7) is 0. The first-order valence-electron chi connectivity index (χ1n) is 32.2. The zero-order chi connectivity index (χ0) is 63.0. The van der Waals surface area contributed by atoms with Gasteiger partial charge < -0.3 is 18.0 Å². The van der Waals surface area contributed by atoms with Crippen molar-refractivity contribution in [1.29, 1.82) is 0 Å². The molecule has 0 saturated carbocycles. The largest absolute Gasteiger partial charge is 0.485 e. The van der Waals surface area contributed by atoms with Gasteiger partial charge in [-0.2, -0.15) is 0 Å². The van der Waals surface area contributed by atoms with Crippen LogP contribution in [0.2, 0.25) is 0 Å². The third kappa shape index (κ3) is 8.73. The van der Waals surface area contributed by atoms with Crippen LogP contribution in [0.25, 0.3) is 195 Å². The molecule has 96 heavy (non-hydrogen) atoms. The molecule has 0 N–H and O–H groups in total. The third-order valence-corrected chi connectivity index (χ3v) is 19.1. The van der Waals surface area contributed by atoms with Crippen molar-refractivity contribution in [1.82, 2.24) is 29.9 Å². The summed E-state index contributed by atoms with van der Waals surface area (Å²) in [7, 11) is 0. The van der Waals surface area contributed by atoms with Gasteiger partial charge in [0.25, 0.3) is 0 Å². The molecule has 10 heteroatoms. The first-order chi connectivity index (χ1) is 47.5. The predicted octanol–water partition coefficient (Wildman–Crippen LogP) is 22.2. The molecule has 0 bridgehead atoms. The maximum Gasteiger partial charge on any atom is 0.164 e. The van der Waals surface area contributed by atoms with Crippen LogP contribution in [0.5, 0.6) is 5.75 Å². The molecule has 6 heterocycles. The van der Waals surface area contributed by atoms with E-state index in [1.165, 1.54) is 11.1 Å². The van der Waals surface area contributed by atoms with Crippen LogP contribution in [0.15, 0.2) is 298 Å². The van der Waals surface area contributed by atoms with Gasteiger partial charge in [-0.3, -0.25) is 0 Å². The Kier molecular flexibility index (Phi) is 11.9. The number of ether oxygens (including phenoxy) is 1. The molecule has 0 spiro atoms. The number of rotatable bonds is 9. The first kappa shape index (κ1) is 53.7. The molecule has 2 aliphatic rings. The highest BCUT2D eigenvalue weighted by atomic mass is 16.5. The van der Waals surface area contributed by atoms with Crippen molar-refractivity contribution in [3.8, 4) is 107 Å². The van der Waals surface area contributed by atoms with Gasteiger partial charge in [-0.25, -0.2) is 29.9 Å². The normalized spacial score (nSPS) is 13.6. The Labute approximate surface area is 548 Å². The van der Waals surface area contributed by atoms with Gasteiger partial charge in [0, 0.05) is 88.8 Å². The monoisotopic (exact) mass is 1230 g/mol. The molecule has 1 aliphatic carbocycles. The molecule has 0 amide bonds. The Balaban J connectivity index is 0.700.